The van der Waals surface area contributed by atoms with Crippen molar-refractivity contribution in [2.24, 2.45) is 5.92 Å². The van der Waals surface area contributed by atoms with E-state index in [9.17, 15) is 14.4 Å². The van der Waals surface area contributed by atoms with E-state index in [4.69, 9.17) is 18.9 Å². The fourth-order valence-electron chi connectivity index (χ4n) is 4.29. The van der Waals surface area contributed by atoms with E-state index in [-0.39, 0.29) is 41.8 Å². The highest BCUT2D eigenvalue weighted by Gasteiger charge is 2.40. The van der Waals surface area contributed by atoms with Gasteiger partial charge in [-0.3, -0.25) is 24.5 Å². The van der Waals surface area contributed by atoms with E-state index < -0.39 is 30.0 Å². The van der Waals surface area contributed by atoms with E-state index in [1.807, 2.05) is 6.07 Å². The minimum atomic E-state index is -0.597. The summed E-state index contributed by atoms with van der Waals surface area (Å²) in [5.74, 6) is -1.01. The average molecular weight is 512 g/mol. The lowest BCUT2D eigenvalue weighted by Crippen LogP contribution is -2.33. The number of nitrogens with one attached hydrogen (secondary N) is 2. The monoisotopic (exact) mass is 511 g/mol. The number of aromatic nitrogens is 4. The minimum absolute atomic E-state index is 0.0245. The van der Waals surface area contributed by atoms with Crippen molar-refractivity contribution in [3.05, 3.63) is 52.6 Å². The van der Waals surface area contributed by atoms with Gasteiger partial charge in [0, 0.05) is 25.4 Å². The predicted molar refractivity (Wildman–Crippen MR) is 131 cm³/mol. The highest BCUT2D eigenvalue weighted by Crippen LogP contribution is 2.34. The number of rotatable bonds is 8. The number of hydrogen-bond donors (Lipinski definition) is 2. The molecule has 1 aromatic carbocycles. The van der Waals surface area contributed by atoms with E-state index in [0.717, 1.165) is 12.8 Å². The molecule has 1 amide bonds. The number of anilines is 1. The van der Waals surface area contributed by atoms with Gasteiger partial charge in [-0.15, -0.1) is 0 Å². The maximum absolute atomic E-state index is 12.6. The summed E-state index contributed by atoms with van der Waals surface area (Å²) < 4.78 is 25.2. The van der Waals surface area contributed by atoms with Gasteiger partial charge < -0.3 is 18.9 Å². The molecule has 12 nitrogen and oxygen atoms in total. The van der Waals surface area contributed by atoms with Crippen LogP contribution in [0.15, 0.2) is 41.5 Å². The molecule has 0 spiro atoms. The van der Waals surface area contributed by atoms with E-state index >= 15 is 0 Å². The Morgan fingerprint density at radius 3 is 2.81 bits per heavy atom. The molecule has 37 heavy (non-hydrogen) atoms. The largest absolute Gasteiger partial charge is 0.459 e. The first kappa shape index (κ1) is 25.1. The van der Waals surface area contributed by atoms with Gasteiger partial charge in [0.25, 0.3) is 5.56 Å². The molecule has 3 aromatic rings. The fraction of sp³-hybridized carbons (Fsp3) is 0.480. The Bertz CT molecular complexity index is 1320. The Hall–Kier alpha value is -3.61. The van der Waals surface area contributed by atoms with Crippen molar-refractivity contribution in [2.45, 2.75) is 57.8 Å². The second-order valence-electron chi connectivity index (χ2n) is 9.33. The SMILES string of the molecule is CC(C)C(=O)Nc1nc2c(ncn2[C@H]2C[C@H](OC3CCCO3)[C@@H](COC(=O)c3ccccc3)O2)c(=O)[nH]1. The molecule has 2 aromatic heterocycles. The highest BCUT2D eigenvalue weighted by atomic mass is 16.7. The van der Waals surface area contributed by atoms with Crippen LogP contribution in [-0.4, -0.2) is 63.1 Å². The van der Waals surface area contributed by atoms with Crippen molar-refractivity contribution in [2.75, 3.05) is 18.5 Å². The molecule has 196 valence electrons. The summed E-state index contributed by atoms with van der Waals surface area (Å²) in [5.41, 5.74) is 0.322. The van der Waals surface area contributed by atoms with Gasteiger partial charge in [0.05, 0.1) is 18.0 Å². The van der Waals surface area contributed by atoms with Crippen LogP contribution >= 0.6 is 0 Å². The van der Waals surface area contributed by atoms with Crippen molar-refractivity contribution in [3.63, 3.8) is 0 Å². The predicted octanol–water partition coefficient (Wildman–Crippen LogP) is 2.38. The third-order valence-electron chi connectivity index (χ3n) is 6.29. The number of imidazole rings is 1. The third kappa shape index (κ3) is 5.55. The minimum Gasteiger partial charge on any atom is -0.459 e. The lowest BCUT2D eigenvalue weighted by Gasteiger charge is -2.21. The molecule has 4 atom stereocenters. The van der Waals surface area contributed by atoms with Crippen LogP contribution in [0.25, 0.3) is 11.2 Å². The maximum Gasteiger partial charge on any atom is 0.338 e. The van der Waals surface area contributed by atoms with Crippen molar-refractivity contribution in [1.29, 1.82) is 0 Å². The number of benzene rings is 1. The zero-order chi connectivity index (χ0) is 25.9. The van der Waals surface area contributed by atoms with Gasteiger partial charge in [0.2, 0.25) is 11.9 Å². The number of ether oxygens (including phenoxy) is 4. The summed E-state index contributed by atoms with van der Waals surface area (Å²) >= 11 is 0. The number of nitrogens with zero attached hydrogens (tertiary/aromatic N) is 3. The highest BCUT2D eigenvalue weighted by molar-refractivity contribution is 5.91. The zero-order valence-corrected chi connectivity index (χ0v) is 20.6. The topological polar surface area (TPSA) is 147 Å². The first-order valence-corrected chi connectivity index (χ1v) is 12.3. The summed E-state index contributed by atoms with van der Waals surface area (Å²) in [5, 5.41) is 2.61. The van der Waals surface area contributed by atoms with Gasteiger partial charge in [0.15, 0.2) is 17.5 Å². The molecule has 2 aliphatic rings. The first-order valence-electron chi connectivity index (χ1n) is 12.3. The molecule has 4 heterocycles. The number of esters is 1. The number of fused-ring (bicyclic) bond motifs is 1. The van der Waals surface area contributed by atoms with E-state index in [2.05, 4.69) is 20.3 Å². The van der Waals surface area contributed by atoms with Crippen LogP contribution in [0.1, 0.15) is 49.7 Å². The number of carbonyl (C=O) groups excluding carboxylic acids is 2. The van der Waals surface area contributed by atoms with Gasteiger partial charge >= 0.3 is 5.97 Å². The van der Waals surface area contributed by atoms with Gasteiger partial charge in [0.1, 0.15) is 18.9 Å². The summed E-state index contributed by atoms with van der Waals surface area (Å²) in [6.07, 6.45) is 1.55. The third-order valence-corrected chi connectivity index (χ3v) is 6.29. The summed E-state index contributed by atoms with van der Waals surface area (Å²) in [4.78, 5) is 48.4. The quantitative estimate of drug-likeness (QED) is 0.435. The molecule has 2 saturated heterocycles. The lowest BCUT2D eigenvalue weighted by molar-refractivity contribution is -0.162. The number of amides is 1. The van der Waals surface area contributed by atoms with Crippen LogP contribution in [0.2, 0.25) is 0 Å². The zero-order valence-electron chi connectivity index (χ0n) is 20.6. The van der Waals surface area contributed by atoms with Gasteiger partial charge in [-0.1, -0.05) is 32.0 Å². The normalized spacial score (nSPS) is 23.5. The Morgan fingerprint density at radius 1 is 1.27 bits per heavy atom. The molecule has 0 bridgehead atoms. The number of aromatic amines is 1. The van der Waals surface area contributed by atoms with Crippen LogP contribution in [0, 0.1) is 5.92 Å². The number of hydrogen-bond acceptors (Lipinski definition) is 9. The number of carbonyl (C=O) groups is 2. The van der Waals surface area contributed by atoms with Crippen molar-refractivity contribution in [3.8, 4) is 0 Å². The second kappa shape index (κ2) is 10.8. The lowest BCUT2D eigenvalue weighted by atomic mass is 10.1. The molecular weight excluding hydrogens is 482 g/mol. The Morgan fingerprint density at radius 2 is 2.08 bits per heavy atom. The van der Waals surface area contributed by atoms with Gasteiger partial charge in [-0.05, 0) is 18.6 Å². The standard InChI is InChI=1S/C25H29N5O7/c1-14(2)22(31)28-25-27-21-20(23(32)29-25)26-13-30(21)18-11-16(37-19-9-6-10-34-19)17(36-18)12-35-24(33)15-7-4-3-5-8-15/h3-5,7-8,13-14,16-19H,6,9-12H2,1-2H3,(H2,27,28,29,31,32)/t16-,17+,18+,19?/m0/s1. The number of H-pyrrole nitrogens is 1. The van der Waals surface area contributed by atoms with Crippen molar-refractivity contribution in [1.82, 2.24) is 19.5 Å². The summed E-state index contributed by atoms with van der Waals surface area (Å²) in [7, 11) is 0. The molecule has 2 N–H and O–H groups in total. The van der Waals surface area contributed by atoms with Crippen LogP contribution in [0.3, 0.4) is 0 Å². The first-order chi connectivity index (χ1) is 17.9. The van der Waals surface area contributed by atoms with Gasteiger partial charge in [-0.25, -0.2) is 9.78 Å². The van der Waals surface area contributed by atoms with Crippen LogP contribution in [0.4, 0.5) is 5.95 Å². The van der Waals surface area contributed by atoms with E-state index in [0.29, 0.717) is 18.6 Å². The van der Waals surface area contributed by atoms with Crippen LogP contribution in [-0.2, 0) is 23.7 Å². The average Bonchev–Trinajstić information content (AvgIpc) is 3.64. The fourth-order valence-corrected chi connectivity index (χ4v) is 4.29. The molecule has 2 fully saturated rings. The Balaban J connectivity index is 1.37. The van der Waals surface area contributed by atoms with Gasteiger partial charge in [-0.2, -0.15) is 4.98 Å². The molecular formula is C25H29N5O7. The molecule has 0 saturated carbocycles. The van der Waals surface area contributed by atoms with Crippen molar-refractivity contribution < 1.29 is 28.5 Å². The van der Waals surface area contributed by atoms with Crippen LogP contribution < -0.4 is 10.9 Å². The molecule has 0 aliphatic carbocycles. The maximum atomic E-state index is 12.6. The van der Waals surface area contributed by atoms with Crippen LogP contribution in [0.5, 0.6) is 0 Å². The molecule has 0 radical (unpaired) electrons. The Kier molecular flexibility index (Phi) is 7.31. The molecule has 1 unspecified atom stereocenters. The van der Waals surface area contributed by atoms with E-state index in [1.54, 1.807) is 42.7 Å². The Labute approximate surface area is 212 Å². The van der Waals surface area contributed by atoms with E-state index in [1.165, 1.54) is 6.33 Å². The smallest absolute Gasteiger partial charge is 0.338 e. The molecule has 2 aliphatic heterocycles. The second-order valence-corrected chi connectivity index (χ2v) is 9.33. The summed E-state index contributed by atoms with van der Waals surface area (Å²) in [6.45, 7) is 4.07. The molecule has 12 heteroatoms. The summed E-state index contributed by atoms with van der Waals surface area (Å²) in [6, 6.07) is 8.70. The van der Waals surface area contributed by atoms with Crippen molar-refractivity contribution >= 4 is 29.0 Å². The molecule has 5 rings (SSSR count).